The molecule has 8 heteroatoms. The van der Waals surface area contributed by atoms with Crippen molar-refractivity contribution in [1.82, 2.24) is 4.90 Å². The van der Waals surface area contributed by atoms with E-state index in [9.17, 15) is 18.4 Å². The Hall–Kier alpha value is -3.00. The van der Waals surface area contributed by atoms with Gasteiger partial charge in [-0.25, -0.2) is 8.78 Å². The molecule has 160 valence electrons. The number of nitrogens with two attached hydrogens (primary N) is 1. The monoisotopic (exact) mass is 416 g/mol. The number of amides is 2. The summed E-state index contributed by atoms with van der Waals surface area (Å²) in [5, 5.41) is 0. The third-order valence-electron chi connectivity index (χ3n) is 5.16. The van der Waals surface area contributed by atoms with Crippen molar-refractivity contribution in [3.63, 3.8) is 0 Å². The maximum Gasteiger partial charge on any atom is 0.241 e. The third kappa shape index (κ3) is 6.00. The van der Waals surface area contributed by atoms with E-state index < -0.39 is 11.7 Å². The molecule has 2 amide bonds. The SMILES string of the molecule is NC(=O)CCN(C(=O)CN1CCCN(c2ccc(F)cc2)CC1)c1ccc(F)cc1. The normalized spacial score (nSPS) is 14.9. The van der Waals surface area contributed by atoms with E-state index in [2.05, 4.69) is 9.80 Å². The molecule has 2 aromatic rings. The molecule has 0 bridgehead atoms. The highest BCUT2D eigenvalue weighted by atomic mass is 19.1. The molecule has 1 fully saturated rings. The van der Waals surface area contributed by atoms with Gasteiger partial charge in [0.2, 0.25) is 11.8 Å². The quantitative estimate of drug-likeness (QED) is 0.753. The van der Waals surface area contributed by atoms with Gasteiger partial charge in [0, 0.05) is 50.5 Å². The number of anilines is 2. The van der Waals surface area contributed by atoms with E-state index in [4.69, 9.17) is 5.73 Å². The number of primary amides is 1. The summed E-state index contributed by atoms with van der Waals surface area (Å²) in [7, 11) is 0. The third-order valence-corrected chi connectivity index (χ3v) is 5.16. The fourth-order valence-corrected chi connectivity index (χ4v) is 3.56. The predicted molar refractivity (Wildman–Crippen MR) is 112 cm³/mol. The lowest BCUT2D eigenvalue weighted by molar-refractivity contribution is -0.120. The van der Waals surface area contributed by atoms with Gasteiger partial charge in [-0.15, -0.1) is 0 Å². The van der Waals surface area contributed by atoms with Crippen LogP contribution in [0.2, 0.25) is 0 Å². The number of halogens is 2. The molecular formula is C22H26F2N4O2. The molecule has 0 aromatic heterocycles. The summed E-state index contributed by atoms with van der Waals surface area (Å²) in [4.78, 5) is 29.9. The van der Waals surface area contributed by atoms with Crippen LogP contribution in [0.15, 0.2) is 48.5 Å². The lowest BCUT2D eigenvalue weighted by Crippen LogP contribution is -2.43. The molecule has 0 radical (unpaired) electrons. The fraction of sp³-hybridized carbons (Fsp3) is 0.364. The van der Waals surface area contributed by atoms with Crippen LogP contribution in [-0.4, -0.2) is 56.0 Å². The fourth-order valence-electron chi connectivity index (χ4n) is 3.56. The minimum atomic E-state index is -0.500. The van der Waals surface area contributed by atoms with E-state index in [0.29, 0.717) is 12.2 Å². The molecule has 0 saturated carbocycles. The molecule has 2 N–H and O–H groups in total. The standard InChI is InChI=1S/C22H26F2N4O2/c23-17-2-6-19(7-3-17)27-12-1-11-26(14-15-27)16-22(30)28(13-10-21(25)29)20-8-4-18(24)5-9-20/h2-9H,1,10-16H2,(H2,25,29). The molecular weight excluding hydrogens is 390 g/mol. The van der Waals surface area contributed by atoms with Gasteiger partial charge in [-0.1, -0.05) is 0 Å². The Labute approximate surface area is 174 Å². The summed E-state index contributed by atoms with van der Waals surface area (Å²) in [5.74, 6) is -1.33. The summed E-state index contributed by atoms with van der Waals surface area (Å²) in [6.07, 6.45) is 0.893. The summed E-state index contributed by atoms with van der Waals surface area (Å²) >= 11 is 0. The highest BCUT2D eigenvalue weighted by Gasteiger charge is 2.22. The molecule has 1 saturated heterocycles. The van der Waals surface area contributed by atoms with Crippen LogP contribution in [0.25, 0.3) is 0 Å². The Morgan fingerprint density at radius 2 is 1.53 bits per heavy atom. The second-order valence-electron chi connectivity index (χ2n) is 7.33. The Kier molecular flexibility index (Phi) is 7.35. The minimum absolute atomic E-state index is 0.0292. The van der Waals surface area contributed by atoms with E-state index in [1.165, 1.54) is 41.3 Å². The van der Waals surface area contributed by atoms with Crippen LogP contribution in [0.1, 0.15) is 12.8 Å². The largest absolute Gasteiger partial charge is 0.370 e. The Balaban J connectivity index is 1.63. The highest BCUT2D eigenvalue weighted by Crippen LogP contribution is 2.19. The summed E-state index contributed by atoms with van der Waals surface area (Å²) < 4.78 is 26.4. The minimum Gasteiger partial charge on any atom is -0.370 e. The van der Waals surface area contributed by atoms with Crippen molar-refractivity contribution in [2.24, 2.45) is 5.73 Å². The van der Waals surface area contributed by atoms with Crippen LogP contribution >= 0.6 is 0 Å². The molecule has 2 aromatic carbocycles. The van der Waals surface area contributed by atoms with Gasteiger partial charge in [0.05, 0.1) is 6.54 Å². The van der Waals surface area contributed by atoms with Crippen LogP contribution in [0, 0.1) is 11.6 Å². The molecule has 1 aliphatic heterocycles. The Morgan fingerprint density at radius 3 is 2.17 bits per heavy atom. The first-order chi connectivity index (χ1) is 14.4. The maximum absolute atomic E-state index is 13.3. The van der Waals surface area contributed by atoms with Crippen molar-refractivity contribution in [1.29, 1.82) is 0 Å². The number of nitrogens with zero attached hydrogens (tertiary/aromatic N) is 3. The Bertz CT molecular complexity index is 858. The number of rotatable bonds is 7. The van der Waals surface area contributed by atoms with Gasteiger partial charge in [-0.05, 0) is 55.0 Å². The molecule has 1 heterocycles. The van der Waals surface area contributed by atoms with Gasteiger partial charge in [0.15, 0.2) is 0 Å². The molecule has 30 heavy (non-hydrogen) atoms. The molecule has 3 rings (SSSR count). The zero-order valence-corrected chi connectivity index (χ0v) is 16.8. The Morgan fingerprint density at radius 1 is 0.900 bits per heavy atom. The lowest BCUT2D eigenvalue weighted by atomic mass is 10.2. The van der Waals surface area contributed by atoms with Gasteiger partial charge in [0.25, 0.3) is 0 Å². The topological polar surface area (TPSA) is 69.9 Å². The van der Waals surface area contributed by atoms with Crippen molar-refractivity contribution < 1.29 is 18.4 Å². The van der Waals surface area contributed by atoms with Crippen LogP contribution in [0.3, 0.4) is 0 Å². The molecule has 0 unspecified atom stereocenters. The van der Waals surface area contributed by atoms with Gasteiger partial charge in [-0.2, -0.15) is 0 Å². The number of benzene rings is 2. The molecule has 6 nitrogen and oxygen atoms in total. The van der Waals surface area contributed by atoms with Crippen molar-refractivity contribution in [2.75, 3.05) is 49.1 Å². The number of hydrogen-bond donors (Lipinski definition) is 1. The van der Waals surface area contributed by atoms with Crippen LogP contribution < -0.4 is 15.5 Å². The zero-order valence-electron chi connectivity index (χ0n) is 16.8. The summed E-state index contributed by atoms with van der Waals surface area (Å²) in [6.45, 7) is 3.30. The van der Waals surface area contributed by atoms with E-state index in [0.717, 1.165) is 31.7 Å². The van der Waals surface area contributed by atoms with E-state index in [-0.39, 0.29) is 31.2 Å². The zero-order chi connectivity index (χ0) is 21.5. The average molecular weight is 416 g/mol. The molecule has 0 atom stereocenters. The average Bonchev–Trinajstić information content (AvgIpc) is 2.95. The van der Waals surface area contributed by atoms with E-state index >= 15 is 0 Å². The molecule has 0 aliphatic carbocycles. The lowest BCUT2D eigenvalue weighted by Gasteiger charge is -2.27. The molecule has 1 aliphatic rings. The van der Waals surface area contributed by atoms with E-state index in [1.54, 1.807) is 12.1 Å². The summed E-state index contributed by atoms with van der Waals surface area (Å²) in [6, 6.07) is 12.0. The van der Waals surface area contributed by atoms with Crippen LogP contribution in [-0.2, 0) is 9.59 Å². The van der Waals surface area contributed by atoms with Gasteiger partial charge in [-0.3, -0.25) is 14.5 Å². The van der Waals surface area contributed by atoms with Crippen LogP contribution in [0.5, 0.6) is 0 Å². The number of carbonyl (C=O) groups is 2. The van der Waals surface area contributed by atoms with E-state index in [1.807, 2.05) is 0 Å². The van der Waals surface area contributed by atoms with Crippen LogP contribution in [0.4, 0.5) is 20.2 Å². The van der Waals surface area contributed by atoms with Gasteiger partial charge in [0.1, 0.15) is 11.6 Å². The highest BCUT2D eigenvalue weighted by molar-refractivity contribution is 5.95. The second-order valence-corrected chi connectivity index (χ2v) is 7.33. The van der Waals surface area contributed by atoms with Crippen molar-refractivity contribution in [2.45, 2.75) is 12.8 Å². The first-order valence-corrected chi connectivity index (χ1v) is 9.99. The second kappa shape index (κ2) is 10.2. The van der Waals surface area contributed by atoms with Crippen molar-refractivity contribution in [3.8, 4) is 0 Å². The number of carbonyl (C=O) groups excluding carboxylic acids is 2. The van der Waals surface area contributed by atoms with Crippen molar-refractivity contribution >= 4 is 23.2 Å². The van der Waals surface area contributed by atoms with Crippen molar-refractivity contribution in [3.05, 3.63) is 60.2 Å². The first-order valence-electron chi connectivity index (χ1n) is 9.99. The first kappa shape index (κ1) is 21.7. The summed E-state index contributed by atoms with van der Waals surface area (Å²) in [5.41, 5.74) is 6.74. The van der Waals surface area contributed by atoms with Gasteiger partial charge >= 0.3 is 0 Å². The predicted octanol–water partition coefficient (Wildman–Crippen LogP) is 2.39. The molecule has 0 spiro atoms. The maximum atomic E-state index is 13.3. The number of hydrogen-bond acceptors (Lipinski definition) is 4. The smallest absolute Gasteiger partial charge is 0.241 e. The van der Waals surface area contributed by atoms with Gasteiger partial charge < -0.3 is 15.5 Å².